The van der Waals surface area contributed by atoms with Gasteiger partial charge in [-0.2, -0.15) is 0 Å². The molecule has 0 saturated carbocycles. The zero-order valence-electron chi connectivity index (χ0n) is 14.7. The number of rotatable bonds is 6. The topological polar surface area (TPSA) is 76.0 Å². The van der Waals surface area contributed by atoms with E-state index in [1.54, 1.807) is 4.90 Å². The number of hydrogen-bond donors (Lipinski definition) is 3. The second-order valence-electron chi connectivity index (χ2n) is 7.15. The van der Waals surface area contributed by atoms with Crippen LogP contribution < -0.4 is 5.32 Å². The van der Waals surface area contributed by atoms with Gasteiger partial charge in [-0.05, 0) is 37.8 Å². The standard InChI is InChI=1S/C18H28BN3O3/c23-18(22-11-5-9-17(22)19(24)25)12-20-16-8-4-10-21(14-16)13-15-6-2-1-3-7-15/h1-3,6-7,16-17,20,24-25H,4-5,8-14H2/t16?,17-/m0/s1. The van der Waals surface area contributed by atoms with Crippen LogP contribution in [-0.2, 0) is 11.3 Å². The Balaban J connectivity index is 1.45. The average Bonchev–Trinajstić information content (AvgIpc) is 3.11. The van der Waals surface area contributed by atoms with Gasteiger partial charge in [-0.1, -0.05) is 30.3 Å². The number of hydrogen-bond acceptors (Lipinski definition) is 5. The first-order chi connectivity index (χ1) is 12.1. The molecule has 0 aromatic heterocycles. The van der Waals surface area contributed by atoms with Crippen LogP contribution in [0.3, 0.4) is 0 Å². The van der Waals surface area contributed by atoms with Crippen molar-refractivity contribution in [3.63, 3.8) is 0 Å². The minimum absolute atomic E-state index is 0.0317. The molecular weight excluding hydrogens is 317 g/mol. The third-order valence-electron chi connectivity index (χ3n) is 5.26. The molecule has 3 N–H and O–H groups in total. The molecule has 25 heavy (non-hydrogen) atoms. The average molecular weight is 345 g/mol. The summed E-state index contributed by atoms with van der Waals surface area (Å²) in [7, 11) is -1.44. The van der Waals surface area contributed by atoms with E-state index in [-0.39, 0.29) is 12.5 Å². The number of nitrogens with zero attached hydrogens (tertiary/aromatic N) is 2. The van der Waals surface area contributed by atoms with Crippen LogP contribution in [-0.4, -0.2) is 71.0 Å². The fraction of sp³-hybridized carbons (Fsp3) is 0.611. The SMILES string of the molecule is O=C(CNC1CCCN(Cc2ccccc2)C1)N1CCC[C@H]1B(O)O. The maximum absolute atomic E-state index is 12.4. The summed E-state index contributed by atoms with van der Waals surface area (Å²) in [5, 5.41) is 22.2. The molecule has 0 bridgehead atoms. The lowest BCUT2D eigenvalue weighted by Crippen LogP contribution is -2.51. The molecule has 2 aliphatic rings. The van der Waals surface area contributed by atoms with Crippen molar-refractivity contribution in [1.29, 1.82) is 0 Å². The quantitative estimate of drug-likeness (QED) is 0.644. The van der Waals surface area contributed by atoms with E-state index in [0.717, 1.165) is 38.9 Å². The second-order valence-corrected chi connectivity index (χ2v) is 7.15. The molecule has 0 aliphatic carbocycles. The van der Waals surface area contributed by atoms with Crippen molar-refractivity contribution in [2.75, 3.05) is 26.2 Å². The first-order valence-electron chi connectivity index (χ1n) is 9.29. The number of nitrogens with one attached hydrogen (secondary N) is 1. The van der Waals surface area contributed by atoms with E-state index in [1.807, 2.05) is 6.07 Å². The molecular formula is C18H28BN3O3. The summed E-state index contributed by atoms with van der Waals surface area (Å²) in [6.07, 6.45) is 3.70. The van der Waals surface area contributed by atoms with Crippen LogP contribution in [0.15, 0.2) is 30.3 Å². The Morgan fingerprint density at radius 1 is 1.16 bits per heavy atom. The molecule has 0 spiro atoms. The predicted molar refractivity (Wildman–Crippen MR) is 97.7 cm³/mol. The molecule has 2 saturated heterocycles. The molecule has 1 aromatic carbocycles. The van der Waals surface area contributed by atoms with E-state index in [9.17, 15) is 14.8 Å². The largest absolute Gasteiger partial charge is 0.475 e. The van der Waals surface area contributed by atoms with Gasteiger partial charge in [0.15, 0.2) is 0 Å². The summed E-state index contributed by atoms with van der Waals surface area (Å²) in [5.41, 5.74) is 1.32. The predicted octanol–water partition coefficient (Wildman–Crippen LogP) is 0.244. The van der Waals surface area contributed by atoms with Crippen molar-refractivity contribution >= 4 is 13.0 Å². The van der Waals surface area contributed by atoms with Crippen LogP contribution in [0, 0.1) is 0 Å². The Hall–Kier alpha value is -1.41. The van der Waals surface area contributed by atoms with Gasteiger partial charge in [0.25, 0.3) is 0 Å². The number of carbonyl (C=O) groups excluding carboxylic acids is 1. The number of carbonyl (C=O) groups is 1. The molecule has 3 rings (SSSR count). The Morgan fingerprint density at radius 2 is 1.92 bits per heavy atom. The summed E-state index contributed by atoms with van der Waals surface area (Å²) in [5.74, 6) is -0.481. The van der Waals surface area contributed by atoms with Crippen LogP contribution in [0.1, 0.15) is 31.2 Å². The van der Waals surface area contributed by atoms with Gasteiger partial charge in [-0.3, -0.25) is 9.69 Å². The maximum Gasteiger partial charge on any atom is 0.475 e. The lowest BCUT2D eigenvalue weighted by molar-refractivity contribution is -0.130. The Morgan fingerprint density at radius 3 is 2.68 bits per heavy atom. The molecule has 1 aromatic rings. The lowest BCUT2D eigenvalue weighted by atomic mass is 9.78. The van der Waals surface area contributed by atoms with Crippen LogP contribution >= 0.6 is 0 Å². The Kier molecular flexibility index (Phi) is 6.48. The van der Waals surface area contributed by atoms with E-state index < -0.39 is 13.1 Å². The highest BCUT2D eigenvalue weighted by Crippen LogP contribution is 2.18. The van der Waals surface area contributed by atoms with Gasteiger partial charge in [0.05, 0.1) is 12.5 Å². The normalized spacial score (nSPS) is 24.5. The zero-order valence-corrected chi connectivity index (χ0v) is 14.7. The molecule has 2 atom stereocenters. The molecule has 6 nitrogen and oxygen atoms in total. The van der Waals surface area contributed by atoms with E-state index >= 15 is 0 Å². The van der Waals surface area contributed by atoms with Crippen molar-refractivity contribution in [3.8, 4) is 0 Å². The smallest absolute Gasteiger partial charge is 0.426 e. The monoisotopic (exact) mass is 345 g/mol. The molecule has 1 unspecified atom stereocenters. The Labute approximate surface area is 150 Å². The van der Waals surface area contributed by atoms with Crippen LogP contribution in [0.4, 0.5) is 0 Å². The van der Waals surface area contributed by atoms with Gasteiger partial charge in [-0.25, -0.2) is 0 Å². The third kappa shape index (κ3) is 5.04. The van der Waals surface area contributed by atoms with Crippen LogP contribution in [0.2, 0.25) is 0 Å². The van der Waals surface area contributed by atoms with Gasteiger partial charge in [-0.15, -0.1) is 0 Å². The summed E-state index contributed by atoms with van der Waals surface area (Å²) < 4.78 is 0. The molecule has 0 radical (unpaired) electrons. The van der Waals surface area contributed by atoms with Crippen molar-refractivity contribution in [1.82, 2.24) is 15.1 Å². The fourth-order valence-corrected chi connectivity index (χ4v) is 3.95. The molecule has 2 aliphatic heterocycles. The van der Waals surface area contributed by atoms with Crippen molar-refractivity contribution < 1.29 is 14.8 Å². The molecule has 136 valence electrons. The number of likely N-dealkylation sites (tertiary alicyclic amines) is 2. The second kappa shape index (κ2) is 8.80. The minimum Gasteiger partial charge on any atom is -0.426 e. The number of piperidine rings is 1. The zero-order chi connectivity index (χ0) is 17.6. The van der Waals surface area contributed by atoms with Gasteiger partial charge < -0.3 is 20.3 Å². The van der Waals surface area contributed by atoms with Gasteiger partial charge in [0.1, 0.15) is 0 Å². The van der Waals surface area contributed by atoms with Gasteiger partial charge >= 0.3 is 7.12 Å². The highest BCUT2D eigenvalue weighted by molar-refractivity contribution is 6.43. The summed E-state index contributed by atoms with van der Waals surface area (Å²) in [6, 6.07) is 10.8. The molecule has 2 fully saturated rings. The first kappa shape index (κ1) is 18.4. The molecule has 7 heteroatoms. The van der Waals surface area contributed by atoms with Crippen LogP contribution in [0.25, 0.3) is 0 Å². The van der Waals surface area contributed by atoms with E-state index in [2.05, 4.69) is 34.5 Å². The van der Waals surface area contributed by atoms with Crippen molar-refractivity contribution in [3.05, 3.63) is 35.9 Å². The van der Waals surface area contributed by atoms with Gasteiger partial charge in [0.2, 0.25) is 5.91 Å². The lowest BCUT2D eigenvalue weighted by Gasteiger charge is -2.34. The third-order valence-corrected chi connectivity index (χ3v) is 5.26. The van der Waals surface area contributed by atoms with Crippen LogP contribution in [0.5, 0.6) is 0 Å². The Bertz CT molecular complexity index is 558. The fourth-order valence-electron chi connectivity index (χ4n) is 3.95. The highest BCUT2D eigenvalue weighted by atomic mass is 16.4. The molecule has 2 heterocycles. The molecule has 1 amide bonds. The summed E-state index contributed by atoms with van der Waals surface area (Å²) in [4.78, 5) is 16.4. The number of amides is 1. The van der Waals surface area contributed by atoms with Gasteiger partial charge in [0, 0.05) is 25.7 Å². The van der Waals surface area contributed by atoms with E-state index in [1.165, 1.54) is 5.56 Å². The van der Waals surface area contributed by atoms with E-state index in [4.69, 9.17) is 0 Å². The highest BCUT2D eigenvalue weighted by Gasteiger charge is 2.36. The minimum atomic E-state index is -1.44. The summed E-state index contributed by atoms with van der Waals surface area (Å²) >= 11 is 0. The maximum atomic E-state index is 12.4. The number of benzene rings is 1. The van der Waals surface area contributed by atoms with Crippen molar-refractivity contribution in [2.24, 2.45) is 0 Å². The van der Waals surface area contributed by atoms with Crippen molar-refractivity contribution in [2.45, 2.75) is 44.2 Å². The first-order valence-corrected chi connectivity index (χ1v) is 9.29. The van der Waals surface area contributed by atoms with E-state index in [0.29, 0.717) is 19.0 Å². The summed E-state index contributed by atoms with van der Waals surface area (Å²) in [6.45, 7) is 3.86.